The number of carbonyl (C=O) groups excluding carboxylic acids is 2. The zero-order chi connectivity index (χ0) is 22.8. The summed E-state index contributed by atoms with van der Waals surface area (Å²) in [6, 6.07) is 6.87. The molecule has 1 aliphatic rings. The van der Waals surface area contributed by atoms with Gasteiger partial charge in [-0.05, 0) is 55.2 Å². The average molecular weight is 439 g/mol. The van der Waals surface area contributed by atoms with Gasteiger partial charge in [0.2, 0.25) is 0 Å². The third kappa shape index (κ3) is 4.20. The van der Waals surface area contributed by atoms with Crippen LogP contribution in [-0.2, 0) is 6.42 Å². The Morgan fingerprint density at radius 3 is 2.75 bits per heavy atom. The number of amides is 2. The van der Waals surface area contributed by atoms with E-state index in [0.717, 1.165) is 18.2 Å². The highest BCUT2D eigenvalue weighted by Gasteiger charge is 2.26. The number of halogens is 2. The van der Waals surface area contributed by atoms with Crippen molar-refractivity contribution in [3.8, 4) is 0 Å². The van der Waals surface area contributed by atoms with E-state index in [9.17, 15) is 23.2 Å². The Hall–Kier alpha value is -4.08. The molecule has 0 aliphatic heterocycles. The number of aryl methyl sites for hydroxylation is 1. The predicted molar refractivity (Wildman–Crippen MR) is 113 cm³/mol. The van der Waals surface area contributed by atoms with Crippen LogP contribution in [0.1, 0.15) is 50.9 Å². The summed E-state index contributed by atoms with van der Waals surface area (Å²) in [6.45, 7) is 0. The smallest absolute Gasteiger partial charge is 0.261 e. The first kappa shape index (κ1) is 21.2. The van der Waals surface area contributed by atoms with Crippen LogP contribution in [0, 0.1) is 11.6 Å². The normalized spacial score (nSPS) is 15.0. The van der Waals surface area contributed by atoms with Crippen LogP contribution >= 0.6 is 0 Å². The molecule has 164 valence electrons. The lowest BCUT2D eigenvalue weighted by Crippen LogP contribution is -2.34. The van der Waals surface area contributed by atoms with Crippen molar-refractivity contribution in [2.75, 3.05) is 5.32 Å². The number of primary amides is 1. The predicted octanol–water partition coefficient (Wildman–Crippen LogP) is 2.70. The molecule has 1 atom stereocenters. The highest BCUT2D eigenvalue weighted by atomic mass is 19.1. The van der Waals surface area contributed by atoms with Crippen LogP contribution in [0.5, 0.6) is 0 Å². The third-order valence-corrected chi connectivity index (χ3v) is 5.26. The van der Waals surface area contributed by atoms with Gasteiger partial charge >= 0.3 is 0 Å². The van der Waals surface area contributed by atoms with E-state index in [0.29, 0.717) is 30.5 Å². The van der Waals surface area contributed by atoms with Crippen molar-refractivity contribution in [3.05, 3.63) is 87.0 Å². The van der Waals surface area contributed by atoms with Crippen molar-refractivity contribution in [1.82, 2.24) is 15.3 Å². The number of aromatic nitrogens is 2. The molecule has 0 radical (unpaired) electrons. The standard InChI is InChI=1S/C22H19F2N5O3/c23-11-6-7-15(24)18(9-11)27-20-12(3-2-8-26-20)21(31)28-16-4-1-5-17-13(16)10-14(19(25)30)22(32)29-17/h2-3,6-10,16H,1,4-5H2,(H2,25,30)(H,26,27)(H,28,31)(H,29,32). The minimum absolute atomic E-state index is 0.0461. The molecule has 0 bridgehead atoms. The number of rotatable bonds is 5. The summed E-state index contributed by atoms with van der Waals surface area (Å²) >= 11 is 0. The Morgan fingerprint density at radius 2 is 1.97 bits per heavy atom. The van der Waals surface area contributed by atoms with E-state index >= 15 is 0 Å². The number of anilines is 2. The monoisotopic (exact) mass is 439 g/mol. The first-order chi connectivity index (χ1) is 15.3. The highest BCUT2D eigenvalue weighted by molar-refractivity contribution is 5.99. The van der Waals surface area contributed by atoms with E-state index in [-0.39, 0.29) is 22.6 Å². The number of nitrogens with zero attached hydrogens (tertiary/aromatic N) is 1. The summed E-state index contributed by atoms with van der Waals surface area (Å²) in [4.78, 5) is 43.4. The van der Waals surface area contributed by atoms with E-state index in [4.69, 9.17) is 5.73 Å². The summed E-state index contributed by atoms with van der Waals surface area (Å²) < 4.78 is 27.5. The molecule has 2 aromatic heterocycles. The molecule has 1 aromatic carbocycles. The molecule has 32 heavy (non-hydrogen) atoms. The molecule has 2 amide bonds. The number of pyridine rings is 2. The molecule has 2 heterocycles. The van der Waals surface area contributed by atoms with Gasteiger partial charge in [-0.1, -0.05) is 0 Å². The van der Waals surface area contributed by atoms with Gasteiger partial charge in [0.1, 0.15) is 23.0 Å². The zero-order valence-electron chi connectivity index (χ0n) is 16.7. The lowest BCUT2D eigenvalue weighted by atomic mass is 9.90. The zero-order valence-corrected chi connectivity index (χ0v) is 16.7. The second kappa shape index (κ2) is 8.58. The molecular weight excluding hydrogens is 420 g/mol. The molecule has 0 spiro atoms. The maximum absolute atomic E-state index is 14.0. The molecular formula is C22H19F2N5O3. The van der Waals surface area contributed by atoms with Gasteiger partial charge < -0.3 is 21.4 Å². The number of hydrogen-bond acceptors (Lipinski definition) is 5. The van der Waals surface area contributed by atoms with Crippen LogP contribution in [-0.4, -0.2) is 21.8 Å². The number of benzene rings is 1. The number of aromatic amines is 1. The number of hydrogen-bond donors (Lipinski definition) is 4. The van der Waals surface area contributed by atoms with E-state index < -0.39 is 35.0 Å². The van der Waals surface area contributed by atoms with Gasteiger partial charge in [-0.3, -0.25) is 14.4 Å². The molecule has 4 rings (SSSR count). The number of H-pyrrole nitrogens is 1. The minimum Gasteiger partial charge on any atom is -0.365 e. The average Bonchev–Trinajstić information content (AvgIpc) is 2.76. The fourth-order valence-corrected chi connectivity index (χ4v) is 3.72. The number of nitrogens with one attached hydrogen (secondary N) is 3. The summed E-state index contributed by atoms with van der Waals surface area (Å²) in [6.07, 6.45) is 3.28. The maximum Gasteiger partial charge on any atom is 0.261 e. The molecule has 10 heteroatoms. The van der Waals surface area contributed by atoms with Crippen molar-refractivity contribution in [3.63, 3.8) is 0 Å². The van der Waals surface area contributed by atoms with Crippen LogP contribution in [0.4, 0.5) is 20.3 Å². The Kier molecular flexibility index (Phi) is 5.67. The maximum atomic E-state index is 14.0. The molecule has 3 aromatic rings. The van der Waals surface area contributed by atoms with Crippen LogP contribution in [0.3, 0.4) is 0 Å². The van der Waals surface area contributed by atoms with Crippen molar-refractivity contribution in [2.24, 2.45) is 5.73 Å². The van der Waals surface area contributed by atoms with Crippen molar-refractivity contribution in [2.45, 2.75) is 25.3 Å². The SMILES string of the molecule is NC(=O)c1cc2c([nH]c1=O)CCCC2NC(=O)c1cccnc1Nc1cc(F)ccc1F. The van der Waals surface area contributed by atoms with E-state index in [1.54, 1.807) is 6.07 Å². The van der Waals surface area contributed by atoms with Gasteiger partial charge in [0.25, 0.3) is 17.4 Å². The third-order valence-electron chi connectivity index (χ3n) is 5.26. The first-order valence-corrected chi connectivity index (χ1v) is 9.87. The van der Waals surface area contributed by atoms with Crippen molar-refractivity contribution < 1.29 is 18.4 Å². The van der Waals surface area contributed by atoms with Crippen LogP contribution in [0.2, 0.25) is 0 Å². The topological polar surface area (TPSA) is 130 Å². The number of fused-ring (bicyclic) bond motifs is 1. The van der Waals surface area contributed by atoms with Gasteiger partial charge in [0.15, 0.2) is 0 Å². The Bertz CT molecular complexity index is 1270. The lowest BCUT2D eigenvalue weighted by Gasteiger charge is -2.26. The molecule has 0 fully saturated rings. The van der Waals surface area contributed by atoms with Gasteiger partial charge in [0, 0.05) is 18.0 Å². The Labute approximate surface area is 180 Å². The fraction of sp³-hybridized carbons (Fsp3) is 0.182. The fourth-order valence-electron chi connectivity index (χ4n) is 3.72. The van der Waals surface area contributed by atoms with Gasteiger partial charge in [0.05, 0.1) is 17.3 Å². The first-order valence-electron chi connectivity index (χ1n) is 9.87. The minimum atomic E-state index is -0.861. The van der Waals surface area contributed by atoms with Gasteiger partial charge in [-0.25, -0.2) is 13.8 Å². The summed E-state index contributed by atoms with van der Waals surface area (Å²) in [5.41, 5.74) is 5.71. The van der Waals surface area contributed by atoms with E-state index in [2.05, 4.69) is 20.6 Å². The van der Waals surface area contributed by atoms with Gasteiger partial charge in [-0.15, -0.1) is 0 Å². The number of carbonyl (C=O) groups is 2. The highest BCUT2D eigenvalue weighted by Crippen LogP contribution is 2.29. The summed E-state index contributed by atoms with van der Waals surface area (Å²) in [5.74, 6) is -2.67. The summed E-state index contributed by atoms with van der Waals surface area (Å²) in [5, 5.41) is 5.52. The van der Waals surface area contributed by atoms with E-state index in [1.165, 1.54) is 18.3 Å². The second-order valence-corrected chi connectivity index (χ2v) is 7.38. The largest absolute Gasteiger partial charge is 0.365 e. The van der Waals surface area contributed by atoms with Crippen LogP contribution < -0.4 is 21.9 Å². The molecule has 5 N–H and O–H groups in total. The van der Waals surface area contributed by atoms with Crippen molar-refractivity contribution >= 4 is 23.3 Å². The lowest BCUT2D eigenvalue weighted by molar-refractivity contribution is 0.0933. The molecule has 1 aliphatic carbocycles. The van der Waals surface area contributed by atoms with Crippen LogP contribution in [0.15, 0.2) is 47.4 Å². The molecule has 0 saturated heterocycles. The number of nitrogens with two attached hydrogens (primary N) is 1. The van der Waals surface area contributed by atoms with E-state index in [1.807, 2.05) is 0 Å². The second-order valence-electron chi connectivity index (χ2n) is 7.38. The molecule has 1 unspecified atom stereocenters. The van der Waals surface area contributed by atoms with Crippen LogP contribution in [0.25, 0.3) is 0 Å². The van der Waals surface area contributed by atoms with Gasteiger partial charge in [-0.2, -0.15) is 0 Å². The molecule has 0 saturated carbocycles. The quantitative estimate of drug-likeness (QED) is 0.486. The Morgan fingerprint density at radius 1 is 1.16 bits per heavy atom. The Balaban J connectivity index is 1.63. The summed E-state index contributed by atoms with van der Waals surface area (Å²) in [7, 11) is 0. The van der Waals surface area contributed by atoms with Crippen molar-refractivity contribution in [1.29, 1.82) is 0 Å². The molecule has 8 nitrogen and oxygen atoms in total.